The third-order valence-corrected chi connectivity index (χ3v) is 6.02. The zero-order valence-electron chi connectivity index (χ0n) is 17.9. The van der Waals surface area contributed by atoms with Crippen LogP contribution in [0.3, 0.4) is 0 Å². The fourth-order valence-corrected chi connectivity index (χ4v) is 4.33. The van der Waals surface area contributed by atoms with Gasteiger partial charge in [-0.25, -0.2) is 0 Å². The van der Waals surface area contributed by atoms with E-state index in [1.807, 2.05) is 41.0 Å². The van der Waals surface area contributed by atoms with Gasteiger partial charge in [-0.2, -0.15) is 0 Å². The number of rotatable bonds is 7. The highest BCUT2D eigenvalue weighted by Gasteiger charge is 2.52. The number of pyridine rings is 2. The van der Waals surface area contributed by atoms with E-state index in [0.29, 0.717) is 31.9 Å². The highest BCUT2D eigenvalue weighted by molar-refractivity contribution is 5.94. The van der Waals surface area contributed by atoms with Crippen molar-refractivity contribution in [2.45, 2.75) is 38.0 Å². The van der Waals surface area contributed by atoms with Crippen molar-refractivity contribution in [3.8, 4) is 0 Å². The Morgan fingerprint density at radius 1 is 1.13 bits per heavy atom. The molecule has 0 unspecified atom stereocenters. The van der Waals surface area contributed by atoms with Crippen molar-refractivity contribution >= 4 is 11.8 Å². The van der Waals surface area contributed by atoms with Gasteiger partial charge in [0.1, 0.15) is 0 Å². The summed E-state index contributed by atoms with van der Waals surface area (Å²) in [5.74, 6) is -0.00206. The number of amides is 2. The maximum atomic E-state index is 13.0. The SMILES string of the molecule is COCCO[C@H]1C(=O)N(C2CCN(C(=O)c3ccc(C)nc3)CC2)[C@H]1c1ccncc1. The standard InChI is InChI=1S/C23H28N4O4/c1-16-3-4-18(15-25-16)22(28)26-11-7-19(8-12-26)27-20(17-5-9-24-10-6-17)21(23(27)29)31-14-13-30-2/h3-6,9-10,15,19-21H,7-8,11-14H2,1-2H3/t20-,21+/m0/s1. The third-order valence-electron chi connectivity index (χ3n) is 6.02. The molecule has 2 saturated heterocycles. The number of hydrogen-bond acceptors (Lipinski definition) is 6. The lowest BCUT2D eigenvalue weighted by molar-refractivity contribution is -0.183. The molecule has 2 fully saturated rings. The first-order valence-corrected chi connectivity index (χ1v) is 10.6. The Morgan fingerprint density at radius 3 is 2.52 bits per heavy atom. The average molecular weight is 425 g/mol. The maximum Gasteiger partial charge on any atom is 0.255 e. The number of nitrogens with zero attached hydrogens (tertiary/aromatic N) is 4. The second-order valence-electron chi connectivity index (χ2n) is 7.97. The maximum absolute atomic E-state index is 13.0. The molecule has 0 spiro atoms. The van der Waals surface area contributed by atoms with Crippen LogP contribution in [0.15, 0.2) is 42.9 Å². The largest absolute Gasteiger partial charge is 0.382 e. The fraction of sp³-hybridized carbons (Fsp3) is 0.478. The van der Waals surface area contributed by atoms with Crippen molar-refractivity contribution in [3.05, 3.63) is 59.7 Å². The molecule has 2 amide bonds. The summed E-state index contributed by atoms with van der Waals surface area (Å²) in [5, 5.41) is 0. The van der Waals surface area contributed by atoms with E-state index in [-0.39, 0.29) is 23.9 Å². The first-order valence-electron chi connectivity index (χ1n) is 10.6. The summed E-state index contributed by atoms with van der Waals surface area (Å²) in [6, 6.07) is 7.47. The van der Waals surface area contributed by atoms with E-state index in [9.17, 15) is 9.59 Å². The van der Waals surface area contributed by atoms with Crippen molar-refractivity contribution in [3.63, 3.8) is 0 Å². The van der Waals surface area contributed by atoms with E-state index in [0.717, 1.165) is 24.1 Å². The van der Waals surface area contributed by atoms with Crippen molar-refractivity contribution in [1.82, 2.24) is 19.8 Å². The van der Waals surface area contributed by atoms with Gasteiger partial charge >= 0.3 is 0 Å². The van der Waals surface area contributed by atoms with Crippen LogP contribution in [0.1, 0.15) is 40.5 Å². The van der Waals surface area contributed by atoms with Crippen LogP contribution in [-0.2, 0) is 14.3 Å². The number of carbonyl (C=O) groups is 2. The predicted octanol–water partition coefficient (Wildman–Crippen LogP) is 2.00. The van der Waals surface area contributed by atoms with Crippen molar-refractivity contribution < 1.29 is 19.1 Å². The van der Waals surface area contributed by atoms with Gasteiger partial charge in [0.15, 0.2) is 6.10 Å². The van der Waals surface area contributed by atoms with Gasteiger partial charge in [0.2, 0.25) is 0 Å². The van der Waals surface area contributed by atoms with Crippen LogP contribution in [0.4, 0.5) is 0 Å². The van der Waals surface area contributed by atoms with Crippen molar-refractivity contribution in [2.75, 3.05) is 33.4 Å². The van der Waals surface area contributed by atoms with Gasteiger partial charge in [0, 0.05) is 50.5 Å². The van der Waals surface area contributed by atoms with Gasteiger partial charge in [-0.3, -0.25) is 19.6 Å². The van der Waals surface area contributed by atoms with Gasteiger partial charge < -0.3 is 19.3 Å². The van der Waals surface area contributed by atoms with E-state index in [4.69, 9.17) is 9.47 Å². The Kier molecular flexibility index (Phi) is 6.58. The molecule has 0 N–H and O–H groups in total. The van der Waals surface area contributed by atoms with Crippen LogP contribution in [0.25, 0.3) is 0 Å². The quantitative estimate of drug-likeness (QED) is 0.499. The zero-order chi connectivity index (χ0) is 21.8. The lowest BCUT2D eigenvalue weighted by atomic mass is 9.86. The van der Waals surface area contributed by atoms with E-state index in [1.54, 1.807) is 25.7 Å². The molecule has 2 atom stereocenters. The Balaban J connectivity index is 1.42. The number of aromatic nitrogens is 2. The van der Waals surface area contributed by atoms with E-state index >= 15 is 0 Å². The molecule has 31 heavy (non-hydrogen) atoms. The monoisotopic (exact) mass is 424 g/mol. The summed E-state index contributed by atoms with van der Waals surface area (Å²) in [7, 11) is 1.61. The molecule has 2 aromatic rings. The van der Waals surface area contributed by atoms with Crippen LogP contribution >= 0.6 is 0 Å². The summed E-state index contributed by atoms with van der Waals surface area (Å²) in [6.45, 7) is 3.94. The van der Waals surface area contributed by atoms with Gasteiger partial charge in [0.05, 0.1) is 24.8 Å². The summed E-state index contributed by atoms with van der Waals surface area (Å²) in [5.41, 5.74) is 2.50. The van der Waals surface area contributed by atoms with Crippen LogP contribution in [0.5, 0.6) is 0 Å². The molecule has 8 heteroatoms. The van der Waals surface area contributed by atoms with Gasteiger partial charge in [-0.1, -0.05) is 0 Å². The number of carbonyl (C=O) groups excluding carboxylic acids is 2. The number of piperidine rings is 1. The Bertz CT molecular complexity index is 898. The second-order valence-corrected chi connectivity index (χ2v) is 7.97. The van der Waals surface area contributed by atoms with E-state index in [1.165, 1.54) is 0 Å². The lowest BCUT2D eigenvalue weighted by Gasteiger charge is -2.52. The number of aryl methyl sites for hydroxylation is 1. The van der Waals surface area contributed by atoms with Crippen LogP contribution in [-0.4, -0.2) is 77.1 Å². The molecule has 0 radical (unpaired) electrons. The molecular weight excluding hydrogens is 396 g/mol. The topological polar surface area (TPSA) is 84.9 Å². The number of β-lactam (4-membered cyclic amide) rings is 1. The molecule has 0 bridgehead atoms. The summed E-state index contributed by atoms with van der Waals surface area (Å²) < 4.78 is 10.9. The van der Waals surface area contributed by atoms with Crippen LogP contribution in [0.2, 0.25) is 0 Å². The molecule has 2 aromatic heterocycles. The fourth-order valence-electron chi connectivity index (χ4n) is 4.33. The first kappa shape index (κ1) is 21.4. The first-order chi connectivity index (χ1) is 15.1. The molecular formula is C23H28N4O4. The lowest BCUT2D eigenvalue weighted by Crippen LogP contribution is -2.65. The molecule has 8 nitrogen and oxygen atoms in total. The summed E-state index contributed by atoms with van der Waals surface area (Å²) >= 11 is 0. The minimum Gasteiger partial charge on any atom is -0.382 e. The number of methoxy groups -OCH3 is 1. The summed E-state index contributed by atoms with van der Waals surface area (Å²) in [4.78, 5) is 37.8. The van der Waals surface area contributed by atoms with Crippen LogP contribution < -0.4 is 0 Å². The molecule has 2 aliphatic heterocycles. The molecule has 0 aromatic carbocycles. The smallest absolute Gasteiger partial charge is 0.255 e. The number of ether oxygens (including phenoxy) is 2. The average Bonchev–Trinajstić information content (AvgIpc) is 2.81. The molecule has 2 aliphatic rings. The highest BCUT2D eigenvalue weighted by atomic mass is 16.5. The summed E-state index contributed by atoms with van der Waals surface area (Å²) in [6.07, 6.45) is 6.07. The Morgan fingerprint density at radius 2 is 1.87 bits per heavy atom. The Hall–Kier alpha value is -2.84. The van der Waals surface area contributed by atoms with Crippen LogP contribution in [0, 0.1) is 6.92 Å². The number of hydrogen-bond donors (Lipinski definition) is 0. The second kappa shape index (κ2) is 9.53. The molecule has 164 valence electrons. The van der Waals surface area contributed by atoms with Crippen molar-refractivity contribution in [2.24, 2.45) is 0 Å². The van der Waals surface area contributed by atoms with Crippen molar-refractivity contribution in [1.29, 1.82) is 0 Å². The predicted molar refractivity (Wildman–Crippen MR) is 113 cm³/mol. The Labute approximate surface area is 182 Å². The molecule has 4 heterocycles. The minimum absolute atomic E-state index is 0.00502. The third kappa shape index (κ3) is 4.45. The highest BCUT2D eigenvalue weighted by Crippen LogP contribution is 2.40. The van der Waals surface area contributed by atoms with Gasteiger partial charge in [0.25, 0.3) is 11.8 Å². The molecule has 4 rings (SSSR count). The normalized spacial score (nSPS) is 21.8. The van der Waals surface area contributed by atoms with Gasteiger partial charge in [-0.05, 0) is 49.6 Å². The van der Waals surface area contributed by atoms with E-state index < -0.39 is 6.10 Å². The van der Waals surface area contributed by atoms with Gasteiger partial charge in [-0.15, -0.1) is 0 Å². The molecule has 0 saturated carbocycles. The zero-order valence-corrected chi connectivity index (χ0v) is 17.9. The minimum atomic E-state index is -0.504. The van der Waals surface area contributed by atoms with E-state index in [2.05, 4.69) is 9.97 Å². The molecule has 0 aliphatic carbocycles. The number of likely N-dealkylation sites (tertiary alicyclic amines) is 2.